The molecule has 4 nitrogen and oxygen atoms in total. The van der Waals surface area contributed by atoms with Gasteiger partial charge < -0.3 is 10.4 Å². The molecule has 0 aromatic heterocycles. The van der Waals surface area contributed by atoms with E-state index in [1.807, 2.05) is 0 Å². The first-order valence-corrected chi connectivity index (χ1v) is 4.57. The van der Waals surface area contributed by atoms with E-state index < -0.39 is 17.4 Å². The molecular weight excluding hydrogens is 206 g/mol. The normalized spacial score (nSPS) is 14.2. The molecule has 0 aliphatic heterocycles. The molecule has 0 rings (SSSR count). The van der Waals surface area contributed by atoms with E-state index in [4.69, 9.17) is 16.7 Å². The molecule has 1 atom stereocenters. The number of hydrogen-bond acceptors (Lipinski definition) is 2. The third kappa shape index (κ3) is 3.38. The van der Waals surface area contributed by atoms with Crippen molar-refractivity contribution in [2.24, 2.45) is 0 Å². The number of carboxylic acid groups (broad SMARTS) is 1. The molecule has 0 saturated heterocycles. The minimum atomic E-state index is -1.33. The Morgan fingerprint density at radius 1 is 1.57 bits per heavy atom. The van der Waals surface area contributed by atoms with Crippen molar-refractivity contribution in [1.29, 1.82) is 0 Å². The van der Waals surface area contributed by atoms with Gasteiger partial charge in [0.25, 0.3) is 0 Å². The zero-order valence-corrected chi connectivity index (χ0v) is 9.02. The van der Waals surface area contributed by atoms with Crippen LogP contribution >= 0.6 is 11.6 Å². The maximum Gasteiger partial charge on any atom is 0.329 e. The molecule has 0 aromatic carbocycles. The third-order valence-electron chi connectivity index (χ3n) is 1.92. The molecule has 0 radical (unpaired) electrons. The molecular formula is C9H14ClNO3. The standard InChI is InChI=1S/C9H14ClNO3/c1-4-9(8(13)14,5-6(2)10)11-7(3)12/h2,4-5H2,1,3H3,(H,11,12)(H,13,14). The predicted octanol–water partition coefficient (Wildman–Crippen LogP) is 1.50. The topological polar surface area (TPSA) is 66.4 Å². The lowest BCUT2D eigenvalue weighted by Crippen LogP contribution is -2.53. The van der Waals surface area contributed by atoms with E-state index in [1.54, 1.807) is 6.92 Å². The van der Waals surface area contributed by atoms with Crippen LogP contribution in [0.15, 0.2) is 11.6 Å². The van der Waals surface area contributed by atoms with E-state index in [0.29, 0.717) is 0 Å². The Balaban J connectivity index is 4.87. The van der Waals surface area contributed by atoms with Crippen LogP contribution in [0.1, 0.15) is 26.7 Å². The summed E-state index contributed by atoms with van der Waals surface area (Å²) in [5.74, 6) is -1.50. The molecule has 0 bridgehead atoms. The summed E-state index contributed by atoms with van der Waals surface area (Å²) in [6.45, 7) is 6.37. The van der Waals surface area contributed by atoms with Crippen molar-refractivity contribution < 1.29 is 14.7 Å². The second kappa shape index (κ2) is 5.00. The average molecular weight is 220 g/mol. The Morgan fingerprint density at radius 2 is 2.07 bits per heavy atom. The summed E-state index contributed by atoms with van der Waals surface area (Å²) in [6.07, 6.45) is 0.285. The van der Waals surface area contributed by atoms with E-state index in [1.165, 1.54) is 6.92 Å². The Bertz CT molecular complexity index is 247. The largest absolute Gasteiger partial charge is 0.479 e. The van der Waals surface area contributed by atoms with E-state index >= 15 is 0 Å². The monoisotopic (exact) mass is 219 g/mol. The number of carboxylic acids is 1. The highest BCUT2D eigenvalue weighted by molar-refractivity contribution is 6.29. The summed E-state index contributed by atoms with van der Waals surface area (Å²) in [6, 6.07) is 0. The molecule has 1 amide bonds. The molecule has 0 aliphatic carbocycles. The molecule has 0 spiro atoms. The number of amides is 1. The summed E-state index contributed by atoms with van der Waals surface area (Å²) in [7, 11) is 0. The van der Waals surface area contributed by atoms with Crippen molar-refractivity contribution in [3.63, 3.8) is 0 Å². The van der Waals surface area contributed by atoms with Crippen molar-refractivity contribution >= 4 is 23.5 Å². The highest BCUT2D eigenvalue weighted by atomic mass is 35.5. The fourth-order valence-corrected chi connectivity index (χ4v) is 1.43. The summed E-state index contributed by atoms with van der Waals surface area (Å²) in [5, 5.41) is 11.6. The Morgan fingerprint density at radius 3 is 2.29 bits per heavy atom. The number of rotatable bonds is 5. The lowest BCUT2D eigenvalue weighted by Gasteiger charge is -2.28. The van der Waals surface area contributed by atoms with Crippen molar-refractivity contribution in [1.82, 2.24) is 5.32 Å². The van der Waals surface area contributed by atoms with Gasteiger partial charge in [-0.15, -0.1) is 0 Å². The first kappa shape index (κ1) is 13.0. The molecule has 1 unspecified atom stereocenters. The van der Waals surface area contributed by atoms with Crippen molar-refractivity contribution in [2.45, 2.75) is 32.2 Å². The lowest BCUT2D eigenvalue weighted by atomic mass is 9.92. The van der Waals surface area contributed by atoms with Gasteiger partial charge in [0.15, 0.2) is 0 Å². The van der Waals surface area contributed by atoms with Crippen LogP contribution in [-0.4, -0.2) is 22.5 Å². The van der Waals surface area contributed by atoms with Crippen LogP contribution in [-0.2, 0) is 9.59 Å². The zero-order chi connectivity index (χ0) is 11.4. The molecule has 14 heavy (non-hydrogen) atoms. The van der Waals surface area contributed by atoms with Gasteiger partial charge in [0.2, 0.25) is 5.91 Å². The smallest absolute Gasteiger partial charge is 0.329 e. The number of carbonyl (C=O) groups excluding carboxylic acids is 1. The van der Waals surface area contributed by atoms with Gasteiger partial charge in [0.05, 0.1) is 0 Å². The second-order valence-electron chi connectivity index (χ2n) is 3.12. The first-order chi connectivity index (χ1) is 6.34. The fraction of sp³-hybridized carbons (Fsp3) is 0.556. The zero-order valence-electron chi connectivity index (χ0n) is 8.26. The lowest BCUT2D eigenvalue weighted by molar-refractivity contribution is -0.147. The van der Waals surface area contributed by atoms with Crippen LogP contribution in [0.3, 0.4) is 0 Å². The molecule has 2 N–H and O–H groups in total. The minimum Gasteiger partial charge on any atom is -0.479 e. The van der Waals surface area contributed by atoms with Crippen molar-refractivity contribution in [2.75, 3.05) is 0 Å². The van der Waals surface area contributed by atoms with E-state index in [2.05, 4.69) is 11.9 Å². The van der Waals surface area contributed by atoms with Gasteiger partial charge >= 0.3 is 5.97 Å². The maximum atomic E-state index is 11.0. The minimum absolute atomic E-state index is 0.0277. The van der Waals surface area contributed by atoms with Crippen LogP contribution in [0.5, 0.6) is 0 Å². The van der Waals surface area contributed by atoms with Crippen LogP contribution in [0.4, 0.5) is 0 Å². The first-order valence-electron chi connectivity index (χ1n) is 4.19. The van der Waals surface area contributed by atoms with Crippen LogP contribution < -0.4 is 5.32 Å². The highest BCUT2D eigenvalue weighted by Gasteiger charge is 2.37. The second-order valence-corrected chi connectivity index (χ2v) is 3.65. The van der Waals surface area contributed by atoms with Crippen molar-refractivity contribution in [3.8, 4) is 0 Å². The number of aliphatic carboxylic acids is 1. The third-order valence-corrected chi connectivity index (χ3v) is 2.06. The summed E-state index contributed by atoms with van der Waals surface area (Å²) in [4.78, 5) is 21.9. The highest BCUT2D eigenvalue weighted by Crippen LogP contribution is 2.22. The van der Waals surface area contributed by atoms with E-state index in [-0.39, 0.29) is 17.9 Å². The number of nitrogens with one attached hydrogen (secondary N) is 1. The summed E-state index contributed by atoms with van der Waals surface area (Å²) < 4.78 is 0. The van der Waals surface area contributed by atoms with Crippen LogP contribution in [0.25, 0.3) is 0 Å². The van der Waals surface area contributed by atoms with Gasteiger partial charge in [-0.05, 0) is 6.42 Å². The summed E-state index contributed by atoms with van der Waals surface area (Å²) >= 11 is 5.56. The molecule has 0 aliphatic rings. The van der Waals surface area contributed by atoms with Crippen LogP contribution in [0, 0.1) is 0 Å². The van der Waals surface area contributed by atoms with Gasteiger partial charge in [0, 0.05) is 18.4 Å². The van der Waals surface area contributed by atoms with Gasteiger partial charge in [0.1, 0.15) is 5.54 Å². The SMILES string of the molecule is C=C(Cl)CC(CC)(NC(C)=O)C(=O)O. The molecule has 0 saturated carbocycles. The Hall–Kier alpha value is -1.03. The molecule has 0 fully saturated rings. The maximum absolute atomic E-state index is 11.0. The van der Waals surface area contributed by atoms with Gasteiger partial charge in [-0.2, -0.15) is 0 Å². The van der Waals surface area contributed by atoms with Crippen molar-refractivity contribution in [3.05, 3.63) is 11.6 Å². The fourth-order valence-electron chi connectivity index (χ4n) is 1.20. The number of carbonyl (C=O) groups is 2. The predicted molar refractivity (Wildman–Crippen MR) is 54.1 cm³/mol. The molecule has 5 heteroatoms. The number of hydrogen-bond donors (Lipinski definition) is 2. The van der Waals surface area contributed by atoms with Gasteiger partial charge in [-0.1, -0.05) is 25.1 Å². The van der Waals surface area contributed by atoms with Gasteiger partial charge in [-0.25, -0.2) is 4.79 Å². The van der Waals surface area contributed by atoms with Gasteiger partial charge in [-0.3, -0.25) is 4.79 Å². The quantitative estimate of drug-likeness (QED) is 0.737. The average Bonchev–Trinajstić information content (AvgIpc) is 2.00. The molecule has 0 aromatic rings. The summed E-state index contributed by atoms with van der Waals surface area (Å²) in [5.41, 5.74) is -1.33. The Labute approximate surface area is 87.9 Å². The number of halogens is 1. The van der Waals surface area contributed by atoms with E-state index in [9.17, 15) is 9.59 Å². The van der Waals surface area contributed by atoms with Crippen LogP contribution in [0.2, 0.25) is 0 Å². The Kier molecular flexibility index (Phi) is 4.63. The van der Waals surface area contributed by atoms with E-state index in [0.717, 1.165) is 0 Å². The molecule has 80 valence electrons. The molecule has 0 heterocycles.